The van der Waals surface area contributed by atoms with Gasteiger partial charge in [0, 0.05) is 49.3 Å². The lowest BCUT2D eigenvalue weighted by atomic mass is 9.87. The monoisotopic (exact) mass is 614 g/mol. The lowest BCUT2D eigenvalue weighted by Crippen LogP contribution is -2.43. The summed E-state index contributed by atoms with van der Waals surface area (Å²) < 4.78 is 10.8. The van der Waals surface area contributed by atoms with Gasteiger partial charge in [-0.15, -0.1) is 0 Å². The van der Waals surface area contributed by atoms with E-state index in [1.54, 1.807) is 32.4 Å². The van der Waals surface area contributed by atoms with Crippen molar-refractivity contribution in [3.05, 3.63) is 88.4 Å². The summed E-state index contributed by atoms with van der Waals surface area (Å²) in [7, 11) is 4.86. The van der Waals surface area contributed by atoms with Crippen molar-refractivity contribution in [1.82, 2.24) is 14.8 Å². The molecule has 44 heavy (non-hydrogen) atoms. The number of halogens is 1. The van der Waals surface area contributed by atoms with Crippen LogP contribution in [-0.4, -0.2) is 61.0 Å². The van der Waals surface area contributed by atoms with Crippen LogP contribution >= 0.6 is 11.6 Å². The zero-order valence-corrected chi connectivity index (χ0v) is 26.8. The molecule has 0 saturated carbocycles. The largest absolute Gasteiger partial charge is 0.481 e. The molecule has 9 heteroatoms. The number of methoxy groups -OCH3 is 2. The molecule has 1 atom stereocenters. The van der Waals surface area contributed by atoms with Crippen LogP contribution in [0.15, 0.2) is 66.6 Å². The van der Waals surface area contributed by atoms with Gasteiger partial charge in [0.1, 0.15) is 11.4 Å². The second-order valence-corrected chi connectivity index (χ2v) is 11.6. The molecule has 8 nitrogen and oxygen atoms in total. The number of likely N-dealkylation sites (N-methyl/N-ethyl adjacent to an activating group) is 1. The molecular formula is C35H39ClN4O4. The Hall–Kier alpha value is -4.14. The van der Waals surface area contributed by atoms with Crippen LogP contribution < -0.4 is 10.1 Å². The summed E-state index contributed by atoms with van der Waals surface area (Å²) in [6, 6.07) is 13.9. The Morgan fingerprint density at radius 3 is 2.59 bits per heavy atom. The number of carbonyl (C=O) groups is 2. The van der Waals surface area contributed by atoms with Crippen LogP contribution in [0.5, 0.6) is 5.88 Å². The molecule has 0 saturated heterocycles. The van der Waals surface area contributed by atoms with Crippen LogP contribution in [0.2, 0.25) is 5.02 Å². The first-order valence-corrected chi connectivity index (χ1v) is 15.3. The van der Waals surface area contributed by atoms with Crippen LogP contribution in [0, 0.1) is 0 Å². The maximum Gasteiger partial charge on any atom is 0.266 e. The molecule has 1 aliphatic carbocycles. The third-order valence-corrected chi connectivity index (χ3v) is 9.00. The Morgan fingerprint density at radius 1 is 1.14 bits per heavy atom. The van der Waals surface area contributed by atoms with E-state index >= 15 is 0 Å². The number of nitrogens with zero attached hydrogens (tertiary/aromatic N) is 3. The molecule has 230 valence electrons. The highest BCUT2D eigenvalue weighted by Gasteiger charge is 2.31. The number of ether oxygens (including phenoxy) is 2. The number of benzene rings is 2. The van der Waals surface area contributed by atoms with Gasteiger partial charge < -0.3 is 19.7 Å². The number of nitrogens with one attached hydrogen (secondary N) is 1. The van der Waals surface area contributed by atoms with Gasteiger partial charge in [0.05, 0.1) is 24.4 Å². The average Bonchev–Trinajstić information content (AvgIpc) is 3.51. The average molecular weight is 615 g/mol. The van der Waals surface area contributed by atoms with Crippen molar-refractivity contribution in [1.29, 1.82) is 0 Å². The number of hydrogen-bond acceptors (Lipinski definition) is 6. The van der Waals surface area contributed by atoms with Gasteiger partial charge in [-0.25, -0.2) is 4.98 Å². The topological polar surface area (TPSA) is 84.0 Å². The van der Waals surface area contributed by atoms with E-state index in [1.807, 2.05) is 36.4 Å². The molecule has 1 aliphatic heterocycles. The van der Waals surface area contributed by atoms with E-state index < -0.39 is 11.8 Å². The maximum absolute atomic E-state index is 13.7. The smallest absolute Gasteiger partial charge is 0.266 e. The van der Waals surface area contributed by atoms with Crippen molar-refractivity contribution < 1.29 is 19.1 Å². The Labute approximate surface area is 264 Å². The zero-order valence-electron chi connectivity index (χ0n) is 26.0. The number of anilines is 1. The van der Waals surface area contributed by atoms with Gasteiger partial charge in [-0.2, -0.15) is 0 Å². The summed E-state index contributed by atoms with van der Waals surface area (Å²) in [5.74, 6) is 0.304. The van der Waals surface area contributed by atoms with Crippen LogP contribution in [0.4, 0.5) is 5.69 Å². The van der Waals surface area contributed by atoms with Crippen LogP contribution in [-0.2, 0) is 27.2 Å². The number of hydrogen-bond donors (Lipinski definition) is 1. The molecule has 0 fully saturated rings. The lowest BCUT2D eigenvalue weighted by molar-refractivity contribution is -0.128. The number of fused-ring (bicyclic) bond motifs is 1. The Morgan fingerprint density at radius 2 is 1.86 bits per heavy atom. The number of rotatable bonds is 10. The van der Waals surface area contributed by atoms with Crippen molar-refractivity contribution in [2.75, 3.05) is 39.7 Å². The second kappa shape index (κ2) is 13.2. The quantitative estimate of drug-likeness (QED) is 0.253. The van der Waals surface area contributed by atoms with Crippen molar-refractivity contribution in [2.45, 2.75) is 45.4 Å². The molecule has 5 rings (SSSR count). The predicted octanol–water partition coefficient (Wildman–Crippen LogP) is 6.79. The van der Waals surface area contributed by atoms with E-state index in [1.165, 1.54) is 16.0 Å². The van der Waals surface area contributed by atoms with Crippen LogP contribution in [0.25, 0.3) is 22.4 Å². The van der Waals surface area contributed by atoms with Gasteiger partial charge in [0.2, 0.25) is 5.88 Å². The summed E-state index contributed by atoms with van der Waals surface area (Å²) in [6.45, 7) is 9.09. The van der Waals surface area contributed by atoms with Gasteiger partial charge in [-0.1, -0.05) is 62.4 Å². The molecular weight excluding hydrogens is 576 g/mol. The standard InChI is InChI=1S/C35H39ClN4O4/c1-7-21(2)31-25(26-14-9-15-27(32(26)36)30-19-23-11-8-12-24(23)34(38-30)44-6)13-10-16-29(31)37-33(41)28-20-40(17-18-43-5)22(3)39(4)35(28)42/h9-10,13-16,19-21H,3,7-8,11-12,17-18H2,1-2,4-6H3,(H,37,41). The van der Waals surface area contributed by atoms with Crippen molar-refractivity contribution in [2.24, 2.45) is 0 Å². The second-order valence-electron chi connectivity index (χ2n) is 11.2. The van der Waals surface area contributed by atoms with Crippen molar-refractivity contribution >= 4 is 29.1 Å². The van der Waals surface area contributed by atoms with E-state index in [-0.39, 0.29) is 11.5 Å². The summed E-state index contributed by atoms with van der Waals surface area (Å²) in [6.07, 6.45) is 5.42. The highest BCUT2D eigenvalue weighted by molar-refractivity contribution is 6.36. The molecule has 2 heterocycles. The number of aryl methyl sites for hydroxylation is 1. The molecule has 2 aliphatic rings. The normalized spacial score (nSPS) is 15.3. The fourth-order valence-corrected chi connectivity index (χ4v) is 6.26. The first kappa shape index (κ1) is 31.3. The predicted molar refractivity (Wildman–Crippen MR) is 175 cm³/mol. The first-order chi connectivity index (χ1) is 21.2. The van der Waals surface area contributed by atoms with E-state index in [0.29, 0.717) is 35.6 Å². The molecule has 2 aromatic carbocycles. The summed E-state index contributed by atoms with van der Waals surface area (Å²) >= 11 is 7.18. The Balaban J connectivity index is 1.55. The lowest BCUT2D eigenvalue weighted by Gasteiger charge is -2.34. The zero-order chi connectivity index (χ0) is 31.5. The van der Waals surface area contributed by atoms with Crippen LogP contribution in [0.1, 0.15) is 49.3 Å². The molecule has 2 amide bonds. The summed E-state index contributed by atoms with van der Waals surface area (Å²) in [5, 5.41) is 3.62. The molecule has 1 N–H and O–H groups in total. The van der Waals surface area contributed by atoms with Gasteiger partial charge >= 0.3 is 0 Å². The number of aromatic nitrogens is 1. The molecule has 3 aromatic rings. The SMILES string of the molecule is C=C1N(CCOC)C=C(C(=O)Nc2cccc(-c3cccc(-c4cc5c(c(OC)n4)CCC5)c3Cl)c2C(C)CC)C(=O)N1C. The number of amides is 2. The van der Waals surface area contributed by atoms with Gasteiger partial charge in [0.25, 0.3) is 11.8 Å². The summed E-state index contributed by atoms with van der Waals surface area (Å²) in [4.78, 5) is 34.7. The molecule has 0 bridgehead atoms. The number of pyridine rings is 1. The van der Waals surface area contributed by atoms with E-state index in [2.05, 4.69) is 31.8 Å². The highest BCUT2D eigenvalue weighted by atomic mass is 35.5. The number of carbonyl (C=O) groups excluding carboxylic acids is 2. The van der Waals surface area contributed by atoms with E-state index in [0.717, 1.165) is 53.6 Å². The van der Waals surface area contributed by atoms with Crippen molar-refractivity contribution in [3.63, 3.8) is 0 Å². The Bertz CT molecular complexity index is 1650. The third kappa shape index (κ3) is 5.84. The highest BCUT2D eigenvalue weighted by Crippen LogP contribution is 2.43. The molecule has 0 spiro atoms. The van der Waals surface area contributed by atoms with Gasteiger partial charge in [-0.3, -0.25) is 14.5 Å². The fraction of sp³-hybridized carbons (Fsp3) is 0.343. The third-order valence-electron chi connectivity index (χ3n) is 8.59. The minimum atomic E-state index is -0.493. The van der Waals surface area contributed by atoms with E-state index in [9.17, 15) is 9.59 Å². The minimum absolute atomic E-state index is 0.0215. The fourth-order valence-electron chi connectivity index (χ4n) is 5.94. The molecule has 0 radical (unpaired) electrons. The maximum atomic E-state index is 13.7. The van der Waals surface area contributed by atoms with Crippen LogP contribution in [0.3, 0.4) is 0 Å². The minimum Gasteiger partial charge on any atom is -0.481 e. The molecule has 1 aromatic heterocycles. The van der Waals surface area contributed by atoms with E-state index in [4.69, 9.17) is 26.1 Å². The van der Waals surface area contributed by atoms with Gasteiger partial charge in [0.15, 0.2) is 0 Å². The molecule has 1 unspecified atom stereocenters. The Kier molecular flexibility index (Phi) is 9.42. The van der Waals surface area contributed by atoms with Gasteiger partial charge in [-0.05, 0) is 60.4 Å². The summed E-state index contributed by atoms with van der Waals surface area (Å²) in [5.41, 5.74) is 7.36. The van der Waals surface area contributed by atoms with Crippen molar-refractivity contribution in [3.8, 4) is 28.3 Å². The first-order valence-electron chi connectivity index (χ1n) is 14.9.